The first-order valence-corrected chi connectivity index (χ1v) is 10.4. The summed E-state index contributed by atoms with van der Waals surface area (Å²) in [5.41, 5.74) is 4.80. The van der Waals surface area contributed by atoms with Gasteiger partial charge in [-0.15, -0.1) is 0 Å². The summed E-state index contributed by atoms with van der Waals surface area (Å²) in [6.07, 6.45) is 3.70. The van der Waals surface area contributed by atoms with E-state index in [1.807, 2.05) is 49.4 Å². The van der Waals surface area contributed by atoms with Gasteiger partial charge >= 0.3 is 0 Å². The molecule has 1 amide bonds. The number of amides is 1. The SMILES string of the molecule is Cc1ccc(NC2CCN(CC(=O)Nc3ccc4ncccc4c3)CC2)c(CO)c1. The number of aryl methyl sites for hydroxylation is 1. The molecule has 1 saturated heterocycles. The number of pyridine rings is 1. The first-order chi connectivity index (χ1) is 14.6. The topological polar surface area (TPSA) is 77.5 Å². The van der Waals surface area contributed by atoms with E-state index in [0.29, 0.717) is 12.6 Å². The van der Waals surface area contributed by atoms with Gasteiger partial charge in [0.1, 0.15) is 0 Å². The minimum atomic E-state index is 0.00532. The molecule has 0 aliphatic carbocycles. The number of aliphatic hydroxyl groups is 1. The molecule has 30 heavy (non-hydrogen) atoms. The van der Waals surface area contributed by atoms with Crippen molar-refractivity contribution in [3.63, 3.8) is 0 Å². The fourth-order valence-corrected chi connectivity index (χ4v) is 4.01. The van der Waals surface area contributed by atoms with E-state index >= 15 is 0 Å². The van der Waals surface area contributed by atoms with Gasteiger partial charge in [0.2, 0.25) is 5.91 Å². The number of likely N-dealkylation sites (tertiary alicyclic amines) is 1. The lowest BCUT2D eigenvalue weighted by Gasteiger charge is -2.32. The first-order valence-electron chi connectivity index (χ1n) is 10.4. The number of nitrogens with one attached hydrogen (secondary N) is 2. The minimum Gasteiger partial charge on any atom is -0.392 e. The van der Waals surface area contributed by atoms with E-state index in [4.69, 9.17) is 0 Å². The van der Waals surface area contributed by atoms with Gasteiger partial charge in [0.25, 0.3) is 0 Å². The second-order valence-corrected chi connectivity index (χ2v) is 7.97. The number of nitrogens with zero attached hydrogens (tertiary/aromatic N) is 2. The van der Waals surface area contributed by atoms with E-state index in [-0.39, 0.29) is 12.5 Å². The maximum Gasteiger partial charge on any atom is 0.238 e. The van der Waals surface area contributed by atoms with Gasteiger partial charge in [-0.2, -0.15) is 0 Å². The number of fused-ring (bicyclic) bond motifs is 1. The van der Waals surface area contributed by atoms with Crippen molar-refractivity contribution in [2.45, 2.75) is 32.4 Å². The lowest BCUT2D eigenvalue weighted by Crippen LogP contribution is -2.42. The summed E-state index contributed by atoms with van der Waals surface area (Å²) in [7, 11) is 0. The smallest absolute Gasteiger partial charge is 0.238 e. The number of benzene rings is 2. The highest BCUT2D eigenvalue weighted by Gasteiger charge is 2.21. The van der Waals surface area contributed by atoms with Gasteiger partial charge in [0.05, 0.1) is 18.7 Å². The minimum absolute atomic E-state index is 0.00532. The van der Waals surface area contributed by atoms with Crippen LogP contribution in [-0.4, -0.2) is 46.6 Å². The summed E-state index contributed by atoms with van der Waals surface area (Å²) in [6, 6.07) is 16.1. The zero-order chi connectivity index (χ0) is 20.9. The summed E-state index contributed by atoms with van der Waals surface area (Å²) < 4.78 is 0. The third kappa shape index (κ3) is 4.96. The molecule has 0 radical (unpaired) electrons. The largest absolute Gasteiger partial charge is 0.392 e. The zero-order valence-electron chi connectivity index (χ0n) is 17.3. The maximum atomic E-state index is 12.5. The number of aromatic nitrogens is 1. The Kier molecular flexibility index (Phi) is 6.26. The lowest BCUT2D eigenvalue weighted by molar-refractivity contribution is -0.117. The Bertz CT molecular complexity index is 1030. The second kappa shape index (κ2) is 9.24. The van der Waals surface area contributed by atoms with Crippen LogP contribution in [0.3, 0.4) is 0 Å². The van der Waals surface area contributed by atoms with E-state index < -0.39 is 0 Å². The third-order valence-corrected chi connectivity index (χ3v) is 5.63. The second-order valence-electron chi connectivity index (χ2n) is 7.97. The van der Waals surface area contributed by atoms with E-state index in [1.165, 1.54) is 0 Å². The Labute approximate surface area is 176 Å². The average molecular weight is 405 g/mol. The summed E-state index contributed by atoms with van der Waals surface area (Å²) in [4.78, 5) is 19.0. The van der Waals surface area contributed by atoms with Crippen LogP contribution in [0.2, 0.25) is 0 Å². The number of carbonyl (C=O) groups excluding carboxylic acids is 1. The molecular weight excluding hydrogens is 376 g/mol. The van der Waals surface area contributed by atoms with Crippen molar-refractivity contribution in [2.75, 3.05) is 30.3 Å². The lowest BCUT2D eigenvalue weighted by atomic mass is 10.0. The Balaban J connectivity index is 1.27. The molecule has 3 N–H and O–H groups in total. The van der Waals surface area contributed by atoms with Crippen molar-refractivity contribution in [1.29, 1.82) is 0 Å². The monoisotopic (exact) mass is 404 g/mol. The van der Waals surface area contributed by atoms with Gasteiger partial charge < -0.3 is 15.7 Å². The van der Waals surface area contributed by atoms with Crippen molar-refractivity contribution in [2.24, 2.45) is 0 Å². The molecule has 1 aliphatic rings. The predicted molar refractivity (Wildman–Crippen MR) is 121 cm³/mol. The van der Waals surface area contributed by atoms with E-state index in [1.54, 1.807) is 6.20 Å². The molecule has 2 aromatic carbocycles. The molecule has 2 heterocycles. The molecule has 6 heteroatoms. The molecule has 156 valence electrons. The molecule has 0 bridgehead atoms. The molecule has 6 nitrogen and oxygen atoms in total. The highest BCUT2D eigenvalue weighted by atomic mass is 16.3. The van der Waals surface area contributed by atoms with Crippen LogP contribution in [0.5, 0.6) is 0 Å². The summed E-state index contributed by atoms with van der Waals surface area (Å²) in [6.45, 7) is 4.19. The highest BCUT2D eigenvalue weighted by Crippen LogP contribution is 2.22. The van der Waals surface area contributed by atoms with E-state index in [2.05, 4.69) is 26.6 Å². The van der Waals surface area contributed by atoms with Gasteiger partial charge in [0.15, 0.2) is 0 Å². The van der Waals surface area contributed by atoms with Gasteiger partial charge in [-0.1, -0.05) is 23.8 Å². The van der Waals surface area contributed by atoms with Crippen LogP contribution in [0.4, 0.5) is 11.4 Å². The quantitative estimate of drug-likeness (QED) is 0.586. The van der Waals surface area contributed by atoms with Gasteiger partial charge in [-0.25, -0.2) is 0 Å². The van der Waals surface area contributed by atoms with E-state index in [9.17, 15) is 9.90 Å². The number of carbonyl (C=O) groups is 1. The normalized spacial score (nSPS) is 15.3. The van der Waals surface area contributed by atoms with Crippen LogP contribution in [0.15, 0.2) is 54.7 Å². The van der Waals surface area contributed by atoms with E-state index in [0.717, 1.165) is 59.3 Å². The van der Waals surface area contributed by atoms with Crippen molar-refractivity contribution in [1.82, 2.24) is 9.88 Å². The molecule has 1 aromatic heterocycles. The van der Waals surface area contributed by atoms with Crippen molar-refractivity contribution in [3.8, 4) is 0 Å². The average Bonchev–Trinajstić information content (AvgIpc) is 2.76. The maximum absolute atomic E-state index is 12.5. The van der Waals surface area contributed by atoms with Crippen LogP contribution < -0.4 is 10.6 Å². The predicted octanol–water partition coefficient (Wildman–Crippen LogP) is 3.55. The van der Waals surface area contributed by atoms with Crippen LogP contribution in [0, 0.1) is 6.92 Å². The van der Waals surface area contributed by atoms with Crippen LogP contribution in [-0.2, 0) is 11.4 Å². The molecule has 0 unspecified atom stereocenters. The molecule has 0 spiro atoms. The van der Waals surface area contributed by atoms with Crippen LogP contribution in [0.25, 0.3) is 10.9 Å². The molecule has 0 saturated carbocycles. The summed E-state index contributed by atoms with van der Waals surface area (Å²) in [5, 5.41) is 17.2. The van der Waals surface area contributed by atoms with Gasteiger partial charge in [0, 0.05) is 47.7 Å². The molecular formula is C24H28N4O2. The Morgan fingerprint density at radius 2 is 2.00 bits per heavy atom. The van der Waals surface area contributed by atoms with Crippen molar-refractivity contribution >= 4 is 28.2 Å². The van der Waals surface area contributed by atoms with Gasteiger partial charge in [-0.05, 0) is 50.1 Å². The summed E-state index contributed by atoms with van der Waals surface area (Å²) in [5.74, 6) is 0.00532. The molecule has 1 fully saturated rings. The van der Waals surface area contributed by atoms with Crippen molar-refractivity contribution < 1.29 is 9.90 Å². The molecule has 3 aromatic rings. The standard InChI is InChI=1S/C24H28N4O2/c1-17-4-6-23(19(13-17)16-29)26-20-8-11-28(12-9-20)15-24(30)27-21-5-7-22-18(14-21)3-2-10-25-22/h2-7,10,13-14,20,26,29H,8-9,11-12,15-16H2,1H3,(H,27,30). The van der Waals surface area contributed by atoms with Gasteiger partial charge in [-0.3, -0.25) is 14.7 Å². The molecule has 0 atom stereocenters. The fourth-order valence-electron chi connectivity index (χ4n) is 4.01. The Hall–Kier alpha value is -2.96. The first kappa shape index (κ1) is 20.3. The Morgan fingerprint density at radius 1 is 1.17 bits per heavy atom. The Morgan fingerprint density at radius 3 is 2.80 bits per heavy atom. The number of hydrogen-bond donors (Lipinski definition) is 3. The van der Waals surface area contributed by atoms with Crippen molar-refractivity contribution in [3.05, 3.63) is 65.9 Å². The molecule has 1 aliphatic heterocycles. The number of piperidine rings is 1. The highest BCUT2D eigenvalue weighted by molar-refractivity contribution is 5.94. The van der Waals surface area contributed by atoms with Crippen LogP contribution >= 0.6 is 0 Å². The number of aliphatic hydroxyl groups excluding tert-OH is 1. The fraction of sp³-hybridized carbons (Fsp3) is 0.333. The number of hydrogen-bond acceptors (Lipinski definition) is 5. The zero-order valence-corrected chi connectivity index (χ0v) is 17.3. The van der Waals surface area contributed by atoms with Crippen LogP contribution in [0.1, 0.15) is 24.0 Å². The number of rotatable bonds is 6. The number of anilines is 2. The third-order valence-electron chi connectivity index (χ3n) is 5.63. The summed E-state index contributed by atoms with van der Waals surface area (Å²) >= 11 is 0. The molecule has 4 rings (SSSR count).